The first-order valence-electron chi connectivity index (χ1n) is 5.84. The summed E-state index contributed by atoms with van der Waals surface area (Å²) in [7, 11) is 0. The Bertz CT molecular complexity index is 399. The molecule has 0 bridgehead atoms. The fourth-order valence-electron chi connectivity index (χ4n) is 1.65. The summed E-state index contributed by atoms with van der Waals surface area (Å²) in [5, 5.41) is 9.53. The molecule has 0 aliphatic heterocycles. The van der Waals surface area contributed by atoms with Crippen molar-refractivity contribution in [1.29, 1.82) is 0 Å². The molecule has 0 aromatic carbocycles. The van der Waals surface area contributed by atoms with Gasteiger partial charge in [-0.1, -0.05) is 25.6 Å². The Morgan fingerprint density at radius 1 is 1.53 bits per heavy atom. The zero-order chi connectivity index (χ0) is 13.1. The average Bonchev–Trinajstić information content (AvgIpc) is 2.69. The van der Waals surface area contributed by atoms with E-state index in [9.17, 15) is 4.79 Å². The van der Waals surface area contributed by atoms with Crippen molar-refractivity contribution in [3.05, 3.63) is 11.9 Å². The third-order valence-corrected chi connectivity index (χ3v) is 3.90. The van der Waals surface area contributed by atoms with E-state index in [-0.39, 0.29) is 11.3 Å². The Morgan fingerprint density at radius 3 is 2.65 bits per heavy atom. The molecule has 0 amide bonds. The molecule has 0 aliphatic rings. The summed E-state index contributed by atoms with van der Waals surface area (Å²) < 4.78 is 2.17. The summed E-state index contributed by atoms with van der Waals surface area (Å²) in [5.41, 5.74) is 1.13. The van der Waals surface area contributed by atoms with Crippen LogP contribution in [0.25, 0.3) is 0 Å². The van der Waals surface area contributed by atoms with Gasteiger partial charge in [-0.3, -0.25) is 4.79 Å². The molecule has 1 N–H and O–H groups in total. The number of hydrogen-bond acceptors (Lipinski definition) is 3. The third-order valence-electron chi connectivity index (χ3n) is 2.96. The Hall–Kier alpha value is -0.970. The van der Waals surface area contributed by atoms with E-state index < -0.39 is 5.97 Å². The number of aromatic nitrogens is 2. The molecule has 0 radical (unpaired) electrons. The standard InChI is InChI=1S/C12H20N2O2S/c1-5-9-7-13-11(17-8-10(15)16)14(9)12(3,4)6-2/h7H,5-6,8H2,1-4H3,(H,15,16). The highest BCUT2D eigenvalue weighted by atomic mass is 32.2. The molecule has 0 saturated carbocycles. The Morgan fingerprint density at radius 2 is 2.18 bits per heavy atom. The quantitative estimate of drug-likeness (QED) is 0.795. The van der Waals surface area contributed by atoms with E-state index >= 15 is 0 Å². The van der Waals surface area contributed by atoms with Gasteiger partial charge >= 0.3 is 5.97 Å². The largest absolute Gasteiger partial charge is 0.481 e. The van der Waals surface area contributed by atoms with E-state index in [0.717, 1.165) is 23.7 Å². The highest BCUT2D eigenvalue weighted by molar-refractivity contribution is 7.99. The van der Waals surface area contributed by atoms with E-state index in [1.807, 2.05) is 6.20 Å². The van der Waals surface area contributed by atoms with Crippen LogP contribution in [0.5, 0.6) is 0 Å². The maximum Gasteiger partial charge on any atom is 0.313 e. The second-order valence-electron chi connectivity index (χ2n) is 4.57. The van der Waals surface area contributed by atoms with Crippen molar-refractivity contribution in [3.8, 4) is 0 Å². The third kappa shape index (κ3) is 3.25. The summed E-state index contributed by atoms with van der Waals surface area (Å²) in [4.78, 5) is 15.0. The highest BCUT2D eigenvalue weighted by Gasteiger charge is 2.24. The van der Waals surface area contributed by atoms with Gasteiger partial charge < -0.3 is 9.67 Å². The lowest BCUT2D eigenvalue weighted by molar-refractivity contribution is -0.133. The molecule has 5 heteroatoms. The van der Waals surface area contributed by atoms with E-state index in [0.29, 0.717) is 0 Å². The number of rotatable bonds is 6. The first-order valence-corrected chi connectivity index (χ1v) is 6.82. The fourth-order valence-corrected chi connectivity index (χ4v) is 2.52. The van der Waals surface area contributed by atoms with Crippen molar-refractivity contribution in [2.75, 3.05) is 5.75 Å². The number of aryl methyl sites for hydroxylation is 1. The molecular formula is C12H20N2O2S. The minimum Gasteiger partial charge on any atom is -0.481 e. The lowest BCUT2D eigenvalue weighted by atomic mass is 10.0. The topological polar surface area (TPSA) is 55.1 Å². The number of aliphatic carboxylic acids is 1. The fraction of sp³-hybridized carbons (Fsp3) is 0.667. The SMILES string of the molecule is CCc1cnc(SCC(=O)O)n1C(C)(C)CC. The lowest BCUT2D eigenvalue weighted by Crippen LogP contribution is -2.27. The van der Waals surface area contributed by atoms with Gasteiger partial charge in [0.1, 0.15) is 0 Å². The maximum absolute atomic E-state index is 10.6. The van der Waals surface area contributed by atoms with Crippen molar-refractivity contribution < 1.29 is 9.90 Å². The minimum atomic E-state index is -0.808. The summed E-state index contributed by atoms with van der Waals surface area (Å²) >= 11 is 1.29. The number of thioether (sulfide) groups is 1. The zero-order valence-electron chi connectivity index (χ0n) is 10.9. The molecule has 0 fully saturated rings. The summed E-state index contributed by atoms with van der Waals surface area (Å²) in [6, 6.07) is 0. The second kappa shape index (κ2) is 5.58. The van der Waals surface area contributed by atoms with Crippen LogP contribution in [0.1, 0.15) is 39.8 Å². The average molecular weight is 256 g/mol. The summed E-state index contributed by atoms with van der Waals surface area (Å²) in [6.45, 7) is 8.52. The second-order valence-corrected chi connectivity index (χ2v) is 5.51. The van der Waals surface area contributed by atoms with Gasteiger partial charge in [-0.25, -0.2) is 4.98 Å². The molecule has 0 aliphatic carbocycles. The predicted octanol–water partition coefficient (Wildman–Crippen LogP) is 2.77. The molecule has 1 aromatic rings. The van der Waals surface area contributed by atoms with Crippen molar-refractivity contribution in [2.45, 2.75) is 51.2 Å². The van der Waals surface area contributed by atoms with Crippen LogP contribution in [-0.2, 0) is 16.8 Å². The molecule has 0 atom stereocenters. The molecule has 96 valence electrons. The van der Waals surface area contributed by atoms with Gasteiger partial charge in [-0.2, -0.15) is 0 Å². The first kappa shape index (κ1) is 14.1. The van der Waals surface area contributed by atoms with Crippen LogP contribution >= 0.6 is 11.8 Å². The molecule has 0 spiro atoms. The van der Waals surface area contributed by atoms with Gasteiger partial charge in [0.15, 0.2) is 5.16 Å². The van der Waals surface area contributed by atoms with Crippen LogP contribution in [0.15, 0.2) is 11.4 Å². The van der Waals surface area contributed by atoms with Crippen LogP contribution in [-0.4, -0.2) is 26.4 Å². The van der Waals surface area contributed by atoms with Gasteiger partial charge in [0.05, 0.1) is 5.75 Å². The van der Waals surface area contributed by atoms with Crippen molar-refractivity contribution in [1.82, 2.24) is 9.55 Å². The summed E-state index contributed by atoms with van der Waals surface area (Å²) in [5.74, 6) is -0.753. The zero-order valence-corrected chi connectivity index (χ0v) is 11.7. The first-order chi connectivity index (χ1) is 7.92. The van der Waals surface area contributed by atoms with Crippen LogP contribution in [0.2, 0.25) is 0 Å². The van der Waals surface area contributed by atoms with Crippen molar-refractivity contribution in [2.24, 2.45) is 0 Å². The predicted molar refractivity (Wildman–Crippen MR) is 69.6 cm³/mol. The van der Waals surface area contributed by atoms with Gasteiger partial charge in [0.2, 0.25) is 0 Å². The molecule has 1 aromatic heterocycles. The van der Waals surface area contributed by atoms with Gasteiger partial charge in [0.25, 0.3) is 0 Å². The van der Waals surface area contributed by atoms with Crippen molar-refractivity contribution >= 4 is 17.7 Å². The smallest absolute Gasteiger partial charge is 0.313 e. The number of imidazole rings is 1. The van der Waals surface area contributed by atoms with Crippen molar-refractivity contribution in [3.63, 3.8) is 0 Å². The van der Waals surface area contributed by atoms with E-state index in [2.05, 4.69) is 37.2 Å². The molecule has 0 saturated heterocycles. The molecule has 4 nitrogen and oxygen atoms in total. The number of carboxylic acid groups (broad SMARTS) is 1. The Kier molecular flexibility index (Phi) is 4.62. The minimum absolute atomic E-state index is 0.0251. The van der Waals surface area contributed by atoms with Gasteiger partial charge in [-0.05, 0) is 26.7 Å². The molecule has 17 heavy (non-hydrogen) atoms. The van der Waals surface area contributed by atoms with E-state index in [1.165, 1.54) is 11.8 Å². The lowest BCUT2D eigenvalue weighted by Gasteiger charge is -2.29. The number of carboxylic acids is 1. The number of hydrogen-bond donors (Lipinski definition) is 1. The molecule has 1 rings (SSSR count). The van der Waals surface area contributed by atoms with Crippen LogP contribution < -0.4 is 0 Å². The van der Waals surface area contributed by atoms with Gasteiger partial charge in [0, 0.05) is 17.4 Å². The summed E-state index contributed by atoms with van der Waals surface area (Å²) in [6.07, 6.45) is 3.74. The monoisotopic (exact) mass is 256 g/mol. The normalized spacial score (nSPS) is 11.8. The van der Waals surface area contributed by atoms with Crippen LogP contribution in [0.3, 0.4) is 0 Å². The van der Waals surface area contributed by atoms with E-state index in [1.54, 1.807) is 0 Å². The molecular weight excluding hydrogens is 236 g/mol. The Balaban J connectivity index is 3.06. The highest BCUT2D eigenvalue weighted by Crippen LogP contribution is 2.29. The Labute approximate surface area is 106 Å². The maximum atomic E-state index is 10.6. The van der Waals surface area contributed by atoms with Crippen LogP contribution in [0.4, 0.5) is 0 Å². The molecule has 0 unspecified atom stereocenters. The van der Waals surface area contributed by atoms with E-state index in [4.69, 9.17) is 5.11 Å². The molecule has 1 heterocycles. The number of carbonyl (C=O) groups is 1. The number of nitrogens with zero attached hydrogens (tertiary/aromatic N) is 2. The van der Waals surface area contributed by atoms with Crippen LogP contribution in [0, 0.1) is 0 Å². The van der Waals surface area contributed by atoms with Gasteiger partial charge in [-0.15, -0.1) is 0 Å².